The van der Waals surface area contributed by atoms with Crippen LogP contribution in [0.4, 0.5) is 0 Å². The van der Waals surface area contributed by atoms with Gasteiger partial charge in [0.2, 0.25) is 10.0 Å². The molecule has 2 aromatic carbocycles. The Morgan fingerprint density at radius 1 is 1.10 bits per heavy atom. The maximum absolute atomic E-state index is 12.9. The number of sulfonamides is 1. The van der Waals surface area contributed by atoms with Crippen molar-refractivity contribution in [2.75, 3.05) is 0 Å². The molecule has 0 aliphatic heterocycles. The Labute approximate surface area is 175 Å². The van der Waals surface area contributed by atoms with Gasteiger partial charge in [-0.05, 0) is 49.8 Å². The van der Waals surface area contributed by atoms with Crippen molar-refractivity contribution < 1.29 is 22.8 Å². The highest BCUT2D eigenvalue weighted by molar-refractivity contribution is 7.89. The maximum atomic E-state index is 12.9. The minimum absolute atomic E-state index is 0.0246. The third-order valence-corrected chi connectivity index (χ3v) is 7.00. The zero-order valence-electron chi connectivity index (χ0n) is 16.4. The van der Waals surface area contributed by atoms with Gasteiger partial charge in [0, 0.05) is 23.4 Å². The molecule has 0 fully saturated rings. The number of hydrogen-bond donors (Lipinski definition) is 3. The minimum atomic E-state index is -3.99. The second kappa shape index (κ2) is 8.59. The molecular formula is C22H24N2O5S. The molecule has 158 valence electrons. The first-order chi connectivity index (χ1) is 14.5. The van der Waals surface area contributed by atoms with E-state index in [2.05, 4.69) is 4.72 Å². The predicted octanol–water partition coefficient (Wildman–Crippen LogP) is 3.10. The van der Waals surface area contributed by atoms with Gasteiger partial charge in [0.05, 0.1) is 4.90 Å². The van der Waals surface area contributed by atoms with Gasteiger partial charge in [-0.1, -0.05) is 30.3 Å². The first-order valence-corrected chi connectivity index (χ1v) is 11.5. The van der Waals surface area contributed by atoms with Crippen LogP contribution >= 0.6 is 0 Å². The van der Waals surface area contributed by atoms with Gasteiger partial charge >= 0.3 is 0 Å². The summed E-state index contributed by atoms with van der Waals surface area (Å²) in [7, 11) is -3.99. The number of fused-ring (bicyclic) bond motifs is 3. The van der Waals surface area contributed by atoms with Crippen LogP contribution < -0.4 is 10.2 Å². The molecule has 0 bridgehead atoms. The number of benzene rings is 2. The monoisotopic (exact) mass is 428 g/mol. The van der Waals surface area contributed by atoms with Crippen molar-refractivity contribution in [2.45, 2.75) is 49.5 Å². The molecule has 1 amide bonds. The first kappa shape index (κ1) is 20.6. The molecule has 3 N–H and O–H groups in total. The van der Waals surface area contributed by atoms with E-state index in [1.54, 1.807) is 11.5 Å². The fraction of sp³-hybridized carbons (Fsp3) is 0.318. The van der Waals surface area contributed by atoms with E-state index in [9.17, 15) is 13.2 Å². The van der Waals surface area contributed by atoms with Gasteiger partial charge < -0.3 is 4.42 Å². The van der Waals surface area contributed by atoms with E-state index >= 15 is 0 Å². The van der Waals surface area contributed by atoms with E-state index in [0.717, 1.165) is 48.0 Å². The predicted molar refractivity (Wildman–Crippen MR) is 112 cm³/mol. The Hall–Kier alpha value is -2.68. The second-order valence-corrected chi connectivity index (χ2v) is 9.26. The van der Waals surface area contributed by atoms with Crippen molar-refractivity contribution in [1.82, 2.24) is 10.2 Å². The number of carbonyl (C=O) groups excluding carboxylic acids is 1. The van der Waals surface area contributed by atoms with Crippen molar-refractivity contribution in [1.29, 1.82) is 0 Å². The number of hydroxylamine groups is 1. The van der Waals surface area contributed by atoms with Crippen LogP contribution in [0.3, 0.4) is 0 Å². The largest absolute Gasteiger partial charge is 0.461 e. The van der Waals surface area contributed by atoms with Crippen LogP contribution in [0.2, 0.25) is 0 Å². The molecule has 1 aliphatic carbocycles. The highest BCUT2D eigenvalue weighted by Gasteiger charge is 2.27. The summed E-state index contributed by atoms with van der Waals surface area (Å²) < 4.78 is 34.2. The minimum Gasteiger partial charge on any atom is -0.461 e. The van der Waals surface area contributed by atoms with Crippen molar-refractivity contribution in [3.63, 3.8) is 0 Å². The molecule has 0 radical (unpaired) electrons. The Bertz CT molecular complexity index is 1150. The average molecular weight is 429 g/mol. The highest BCUT2D eigenvalue weighted by atomic mass is 32.2. The number of rotatable bonds is 7. The van der Waals surface area contributed by atoms with Crippen LogP contribution in [0.15, 0.2) is 57.8 Å². The van der Waals surface area contributed by atoms with Gasteiger partial charge in [-0.25, -0.2) is 13.9 Å². The summed E-state index contributed by atoms with van der Waals surface area (Å²) in [6.07, 6.45) is 4.65. The normalized spacial score (nSPS) is 15.0. The molecule has 0 spiro atoms. The summed E-state index contributed by atoms with van der Waals surface area (Å²) in [4.78, 5) is 12.1. The topological polar surface area (TPSA) is 109 Å². The van der Waals surface area contributed by atoms with Crippen molar-refractivity contribution in [3.8, 4) is 0 Å². The molecule has 1 atom stereocenters. The molecule has 4 rings (SSSR count). The van der Waals surface area contributed by atoms with Gasteiger partial charge in [-0.2, -0.15) is 4.72 Å². The molecule has 7 nitrogen and oxygen atoms in total. The summed E-state index contributed by atoms with van der Waals surface area (Å²) in [5.41, 5.74) is 4.22. The summed E-state index contributed by atoms with van der Waals surface area (Å²) >= 11 is 0. The van der Waals surface area contributed by atoms with Crippen LogP contribution in [0, 0.1) is 0 Å². The number of carbonyl (C=O) groups is 1. The zero-order chi connectivity index (χ0) is 21.1. The lowest BCUT2D eigenvalue weighted by molar-refractivity contribution is -0.131. The van der Waals surface area contributed by atoms with E-state index in [1.165, 1.54) is 12.1 Å². The zero-order valence-corrected chi connectivity index (χ0v) is 17.2. The molecule has 1 unspecified atom stereocenters. The summed E-state index contributed by atoms with van der Waals surface area (Å²) in [5.74, 6) is 0.128. The third kappa shape index (κ3) is 4.26. The Morgan fingerprint density at radius 3 is 2.63 bits per heavy atom. The van der Waals surface area contributed by atoms with Crippen LogP contribution in [0.25, 0.3) is 11.0 Å². The van der Waals surface area contributed by atoms with E-state index in [1.807, 2.05) is 30.3 Å². The quantitative estimate of drug-likeness (QED) is 0.396. The van der Waals surface area contributed by atoms with E-state index in [0.29, 0.717) is 12.0 Å². The highest BCUT2D eigenvalue weighted by Crippen LogP contribution is 2.33. The molecule has 3 aromatic rings. The lowest BCUT2D eigenvalue weighted by atomic mass is 9.96. The molecule has 1 aliphatic rings. The third-order valence-electron chi connectivity index (χ3n) is 5.53. The molecule has 1 heterocycles. The Morgan fingerprint density at radius 2 is 1.87 bits per heavy atom. The van der Waals surface area contributed by atoms with Gasteiger partial charge in [-0.3, -0.25) is 10.0 Å². The van der Waals surface area contributed by atoms with Crippen LogP contribution in [-0.2, 0) is 34.1 Å². The Kier molecular flexibility index (Phi) is 5.90. The first-order valence-electron chi connectivity index (χ1n) is 10.0. The summed E-state index contributed by atoms with van der Waals surface area (Å²) in [6, 6.07) is 13.1. The fourth-order valence-corrected chi connectivity index (χ4v) is 5.19. The number of furan rings is 1. The lowest BCUT2D eigenvalue weighted by Crippen LogP contribution is -2.46. The lowest BCUT2D eigenvalue weighted by Gasteiger charge is -2.17. The molecule has 0 saturated carbocycles. The average Bonchev–Trinajstić information content (AvgIpc) is 3.14. The SMILES string of the molecule is O=C(NO)C(CCc1ccccc1)NS(=O)(=O)c1ccc2c3c(oc2c1)CCCC3. The molecule has 1 aromatic heterocycles. The van der Waals surface area contributed by atoms with Gasteiger partial charge in [0.1, 0.15) is 17.4 Å². The Balaban J connectivity index is 1.56. The number of nitrogens with one attached hydrogen (secondary N) is 2. The van der Waals surface area contributed by atoms with Crippen molar-refractivity contribution in [3.05, 3.63) is 65.4 Å². The van der Waals surface area contributed by atoms with Crippen LogP contribution in [0.5, 0.6) is 0 Å². The van der Waals surface area contributed by atoms with E-state index in [-0.39, 0.29) is 11.3 Å². The molecular weight excluding hydrogens is 404 g/mol. The van der Waals surface area contributed by atoms with Gasteiger partial charge in [0.25, 0.3) is 5.91 Å². The van der Waals surface area contributed by atoms with Gasteiger partial charge in [-0.15, -0.1) is 0 Å². The smallest absolute Gasteiger partial charge is 0.261 e. The maximum Gasteiger partial charge on any atom is 0.261 e. The molecule has 0 saturated heterocycles. The van der Waals surface area contributed by atoms with Crippen LogP contribution in [-0.4, -0.2) is 25.6 Å². The van der Waals surface area contributed by atoms with E-state index in [4.69, 9.17) is 9.62 Å². The van der Waals surface area contributed by atoms with Crippen LogP contribution in [0.1, 0.15) is 36.1 Å². The number of amides is 1. The van der Waals surface area contributed by atoms with Crippen molar-refractivity contribution in [2.24, 2.45) is 0 Å². The van der Waals surface area contributed by atoms with E-state index < -0.39 is 22.0 Å². The standard InChI is InChI=1S/C22H24N2O5S/c25-22(23-26)19(13-10-15-6-2-1-3-7-15)24-30(27,28)16-11-12-18-17-8-4-5-9-20(17)29-21(18)14-16/h1-3,6-7,11-12,14,19,24,26H,4-5,8-10,13H2,(H,23,25). The number of aryl methyl sites for hydroxylation is 3. The second-order valence-electron chi connectivity index (χ2n) is 7.54. The molecule has 30 heavy (non-hydrogen) atoms. The van der Waals surface area contributed by atoms with Gasteiger partial charge in [0.15, 0.2) is 0 Å². The van der Waals surface area contributed by atoms with Crippen molar-refractivity contribution >= 4 is 26.9 Å². The summed E-state index contributed by atoms with van der Waals surface area (Å²) in [6.45, 7) is 0. The summed E-state index contributed by atoms with van der Waals surface area (Å²) in [5, 5.41) is 10.00. The number of hydrogen-bond acceptors (Lipinski definition) is 5. The fourth-order valence-electron chi connectivity index (χ4n) is 3.94. The molecule has 8 heteroatoms.